The fourth-order valence-corrected chi connectivity index (χ4v) is 2.10. The van der Waals surface area contributed by atoms with E-state index < -0.39 is 11.0 Å². The van der Waals surface area contributed by atoms with Crippen molar-refractivity contribution in [3.8, 4) is 11.5 Å². The van der Waals surface area contributed by atoms with Crippen molar-refractivity contribution in [2.75, 3.05) is 5.32 Å². The van der Waals surface area contributed by atoms with Gasteiger partial charge < -0.3 is 15.8 Å². The average Bonchev–Trinajstić information content (AvgIpc) is 2.74. The van der Waals surface area contributed by atoms with E-state index in [1.807, 2.05) is 0 Å². The van der Waals surface area contributed by atoms with Crippen molar-refractivity contribution < 1.29 is 14.5 Å². The molecule has 2 aromatic carbocycles. The molecular weight excluding hydrogens is 274 g/mol. The monoisotopic (exact) mass is 285 g/mol. The molecular formula is C14H11N3O4. The van der Waals surface area contributed by atoms with Crippen molar-refractivity contribution in [3.05, 3.63) is 58.1 Å². The Kier molecular flexibility index (Phi) is 3.03. The molecule has 0 bridgehead atoms. The van der Waals surface area contributed by atoms with Crippen LogP contribution in [0, 0.1) is 10.1 Å². The van der Waals surface area contributed by atoms with E-state index in [2.05, 4.69) is 5.32 Å². The predicted octanol–water partition coefficient (Wildman–Crippen LogP) is 2.34. The number of nitrogens with two attached hydrogens (primary N) is 1. The molecule has 1 amide bonds. The van der Waals surface area contributed by atoms with Crippen molar-refractivity contribution in [2.45, 2.75) is 6.04 Å². The van der Waals surface area contributed by atoms with Gasteiger partial charge in [-0.1, -0.05) is 6.07 Å². The maximum Gasteiger partial charge on any atom is 0.269 e. The van der Waals surface area contributed by atoms with Crippen LogP contribution >= 0.6 is 0 Å². The first kappa shape index (κ1) is 13.1. The Morgan fingerprint density at radius 2 is 1.81 bits per heavy atom. The van der Waals surface area contributed by atoms with Gasteiger partial charge in [-0.2, -0.15) is 0 Å². The van der Waals surface area contributed by atoms with Crippen LogP contribution in [0.15, 0.2) is 42.5 Å². The van der Waals surface area contributed by atoms with Crippen LogP contribution in [0.3, 0.4) is 0 Å². The second-order valence-corrected chi connectivity index (χ2v) is 4.57. The Balaban J connectivity index is 1.81. The highest BCUT2D eigenvalue weighted by atomic mass is 16.6. The number of carbonyl (C=O) groups excluding carboxylic acids is 1. The zero-order valence-electron chi connectivity index (χ0n) is 10.8. The van der Waals surface area contributed by atoms with Crippen LogP contribution in [0.2, 0.25) is 0 Å². The zero-order chi connectivity index (χ0) is 15.0. The number of rotatable bonds is 3. The van der Waals surface area contributed by atoms with Gasteiger partial charge in [0, 0.05) is 29.4 Å². The Hall–Kier alpha value is -2.93. The minimum Gasteiger partial charge on any atom is -0.457 e. The lowest BCUT2D eigenvalue weighted by atomic mass is 10.1. The Morgan fingerprint density at radius 3 is 2.48 bits per heavy atom. The minimum atomic E-state index is -0.659. The molecule has 0 saturated carbocycles. The summed E-state index contributed by atoms with van der Waals surface area (Å²) in [5, 5.41) is 13.2. The highest BCUT2D eigenvalue weighted by molar-refractivity contribution is 6.02. The van der Waals surface area contributed by atoms with Crippen LogP contribution in [0.1, 0.15) is 11.6 Å². The molecule has 1 heterocycles. The van der Waals surface area contributed by atoms with E-state index in [1.165, 1.54) is 24.3 Å². The van der Waals surface area contributed by atoms with E-state index in [1.54, 1.807) is 18.2 Å². The summed E-state index contributed by atoms with van der Waals surface area (Å²) < 4.78 is 5.59. The van der Waals surface area contributed by atoms with Crippen LogP contribution < -0.4 is 15.8 Å². The van der Waals surface area contributed by atoms with Gasteiger partial charge in [-0.05, 0) is 18.2 Å². The molecule has 7 heteroatoms. The molecule has 3 rings (SSSR count). The highest BCUT2D eigenvalue weighted by Crippen LogP contribution is 2.34. The SMILES string of the molecule is NC1C(=O)Nc2cc(Oc3ccc([N+](=O)[O-])cc3)ccc21. The molecule has 1 aliphatic rings. The van der Waals surface area contributed by atoms with E-state index in [-0.39, 0.29) is 11.6 Å². The number of non-ortho nitro benzene ring substituents is 1. The standard InChI is InChI=1S/C14H11N3O4/c15-13-11-6-5-10(7-12(11)16-14(13)18)21-9-3-1-8(2-4-9)17(19)20/h1-7,13H,15H2,(H,16,18). The number of ether oxygens (including phenoxy) is 1. The molecule has 0 saturated heterocycles. The van der Waals surface area contributed by atoms with Crippen LogP contribution in [-0.4, -0.2) is 10.8 Å². The molecule has 3 N–H and O–H groups in total. The Morgan fingerprint density at radius 1 is 1.14 bits per heavy atom. The zero-order valence-corrected chi connectivity index (χ0v) is 10.8. The smallest absolute Gasteiger partial charge is 0.269 e. The first-order chi connectivity index (χ1) is 10.0. The van der Waals surface area contributed by atoms with Gasteiger partial charge in [0.2, 0.25) is 5.91 Å². The number of carbonyl (C=O) groups is 1. The van der Waals surface area contributed by atoms with Gasteiger partial charge in [0.1, 0.15) is 17.5 Å². The van der Waals surface area contributed by atoms with E-state index in [9.17, 15) is 14.9 Å². The summed E-state index contributed by atoms with van der Waals surface area (Å²) in [7, 11) is 0. The molecule has 1 aliphatic heterocycles. The van der Waals surface area contributed by atoms with E-state index >= 15 is 0 Å². The summed E-state index contributed by atoms with van der Waals surface area (Å²) in [4.78, 5) is 21.6. The van der Waals surface area contributed by atoms with Gasteiger partial charge in [-0.25, -0.2) is 0 Å². The van der Waals surface area contributed by atoms with Crippen molar-refractivity contribution in [2.24, 2.45) is 5.73 Å². The van der Waals surface area contributed by atoms with Crippen LogP contribution in [0.25, 0.3) is 0 Å². The highest BCUT2D eigenvalue weighted by Gasteiger charge is 2.27. The van der Waals surface area contributed by atoms with Crippen molar-refractivity contribution in [1.82, 2.24) is 0 Å². The van der Waals surface area contributed by atoms with Crippen molar-refractivity contribution in [3.63, 3.8) is 0 Å². The molecule has 2 aromatic rings. The Labute approximate surface area is 119 Å². The number of nitro benzene ring substituents is 1. The molecule has 1 unspecified atom stereocenters. The second kappa shape index (κ2) is 4.88. The molecule has 7 nitrogen and oxygen atoms in total. The van der Waals surface area contributed by atoms with Gasteiger partial charge in [-0.3, -0.25) is 14.9 Å². The fourth-order valence-electron chi connectivity index (χ4n) is 2.10. The number of anilines is 1. The first-order valence-electron chi connectivity index (χ1n) is 6.17. The van der Waals surface area contributed by atoms with E-state index in [0.717, 1.165) is 5.56 Å². The molecule has 0 spiro atoms. The second-order valence-electron chi connectivity index (χ2n) is 4.57. The Bertz CT molecular complexity index is 727. The number of hydrogen-bond donors (Lipinski definition) is 2. The molecule has 21 heavy (non-hydrogen) atoms. The third kappa shape index (κ3) is 2.41. The summed E-state index contributed by atoms with van der Waals surface area (Å²) in [6, 6.07) is 10.2. The van der Waals surface area contributed by atoms with Crippen molar-refractivity contribution >= 4 is 17.3 Å². The number of nitrogens with one attached hydrogen (secondary N) is 1. The largest absolute Gasteiger partial charge is 0.457 e. The number of nitrogens with zero attached hydrogens (tertiary/aromatic N) is 1. The quantitative estimate of drug-likeness (QED) is 0.664. The number of fused-ring (bicyclic) bond motifs is 1. The molecule has 0 radical (unpaired) electrons. The van der Waals surface area contributed by atoms with Gasteiger partial charge in [-0.15, -0.1) is 0 Å². The molecule has 1 atom stereocenters. The number of nitro groups is 1. The topological polar surface area (TPSA) is 107 Å². The third-order valence-electron chi connectivity index (χ3n) is 3.18. The third-order valence-corrected chi connectivity index (χ3v) is 3.18. The van der Waals surface area contributed by atoms with Crippen LogP contribution in [0.4, 0.5) is 11.4 Å². The first-order valence-corrected chi connectivity index (χ1v) is 6.17. The number of hydrogen-bond acceptors (Lipinski definition) is 5. The van der Waals surface area contributed by atoms with Gasteiger partial charge in [0.15, 0.2) is 0 Å². The maximum atomic E-state index is 11.5. The summed E-state index contributed by atoms with van der Waals surface area (Å²) >= 11 is 0. The maximum absolute atomic E-state index is 11.5. The lowest BCUT2D eigenvalue weighted by Gasteiger charge is -2.07. The van der Waals surface area contributed by atoms with Crippen molar-refractivity contribution in [1.29, 1.82) is 0 Å². The predicted molar refractivity (Wildman–Crippen MR) is 75.2 cm³/mol. The molecule has 106 valence electrons. The van der Waals surface area contributed by atoms with Gasteiger partial charge in [0.25, 0.3) is 5.69 Å². The summed E-state index contributed by atoms with van der Waals surface area (Å²) in [5.41, 5.74) is 7.05. The van der Waals surface area contributed by atoms with E-state index in [4.69, 9.17) is 10.5 Å². The minimum absolute atomic E-state index is 0.00506. The van der Waals surface area contributed by atoms with Gasteiger partial charge >= 0.3 is 0 Å². The lowest BCUT2D eigenvalue weighted by Crippen LogP contribution is -2.19. The summed E-state index contributed by atoms with van der Waals surface area (Å²) in [5.74, 6) is 0.726. The number of benzene rings is 2. The fraction of sp³-hybridized carbons (Fsp3) is 0.0714. The molecule has 0 fully saturated rings. The summed E-state index contributed by atoms with van der Waals surface area (Å²) in [6.45, 7) is 0. The van der Waals surface area contributed by atoms with Gasteiger partial charge in [0.05, 0.1) is 4.92 Å². The lowest BCUT2D eigenvalue weighted by molar-refractivity contribution is -0.384. The molecule has 0 aliphatic carbocycles. The normalized spacial score (nSPS) is 16.2. The number of amides is 1. The van der Waals surface area contributed by atoms with Crippen LogP contribution in [-0.2, 0) is 4.79 Å². The van der Waals surface area contributed by atoms with E-state index in [0.29, 0.717) is 17.2 Å². The molecule has 0 aromatic heterocycles. The van der Waals surface area contributed by atoms with Crippen LogP contribution in [0.5, 0.6) is 11.5 Å². The summed E-state index contributed by atoms with van der Waals surface area (Å²) in [6.07, 6.45) is 0. The average molecular weight is 285 g/mol.